The van der Waals surface area contributed by atoms with Crippen molar-refractivity contribution in [1.82, 2.24) is 15.7 Å². The van der Waals surface area contributed by atoms with Crippen LogP contribution in [0.15, 0.2) is 53.6 Å². The van der Waals surface area contributed by atoms with Crippen molar-refractivity contribution in [3.05, 3.63) is 82.7 Å². The van der Waals surface area contributed by atoms with E-state index in [4.69, 9.17) is 21.3 Å². The third kappa shape index (κ3) is 5.19. The molecule has 3 N–H and O–H groups in total. The van der Waals surface area contributed by atoms with E-state index >= 15 is 0 Å². The van der Waals surface area contributed by atoms with Crippen LogP contribution in [0.25, 0.3) is 11.1 Å². The number of fused-ring (bicyclic) bond motifs is 3. The van der Waals surface area contributed by atoms with E-state index in [2.05, 4.69) is 27.7 Å². The van der Waals surface area contributed by atoms with Gasteiger partial charge in [0.05, 0.1) is 11.7 Å². The molecule has 3 unspecified atom stereocenters. The summed E-state index contributed by atoms with van der Waals surface area (Å²) in [6, 6.07) is 11.3. The second-order valence-electron chi connectivity index (χ2n) is 9.56. The Morgan fingerprint density at radius 3 is 2.68 bits per heavy atom. The summed E-state index contributed by atoms with van der Waals surface area (Å²) in [4.78, 5) is 16.4. The summed E-state index contributed by atoms with van der Waals surface area (Å²) in [5.74, 6) is 4.71. The molecule has 0 fully saturated rings. The summed E-state index contributed by atoms with van der Waals surface area (Å²) in [5, 5.41) is 17.1. The van der Waals surface area contributed by atoms with Gasteiger partial charge in [-0.15, -0.1) is 0 Å². The van der Waals surface area contributed by atoms with Crippen molar-refractivity contribution in [2.24, 2.45) is 5.10 Å². The molecular weight excluding hydrogens is 514 g/mol. The van der Waals surface area contributed by atoms with Crippen LogP contribution in [0.2, 0.25) is 0 Å². The van der Waals surface area contributed by atoms with Gasteiger partial charge in [0, 0.05) is 22.8 Å². The van der Waals surface area contributed by atoms with Gasteiger partial charge >= 0.3 is 0 Å². The lowest BCUT2D eigenvalue weighted by Crippen LogP contribution is -2.24. The average molecular weight is 537 g/mol. The van der Waals surface area contributed by atoms with Crippen LogP contribution in [0.5, 0.6) is 5.75 Å². The summed E-state index contributed by atoms with van der Waals surface area (Å²) in [6.07, 6.45) is 0.0920. The van der Waals surface area contributed by atoms with Crippen molar-refractivity contribution in [3.63, 3.8) is 0 Å². The molecule has 0 aliphatic carbocycles. The van der Waals surface area contributed by atoms with Crippen LogP contribution in [0.4, 0.5) is 8.78 Å². The monoisotopic (exact) mass is 536 g/mol. The number of aliphatic hydroxyl groups is 1. The van der Waals surface area contributed by atoms with Crippen molar-refractivity contribution in [2.75, 3.05) is 0 Å². The average Bonchev–Trinajstić information content (AvgIpc) is 3.41. The molecule has 1 aromatic heterocycles. The molecule has 0 saturated carbocycles. The quantitative estimate of drug-likeness (QED) is 0.325. The zero-order valence-electron chi connectivity index (χ0n) is 20.4. The van der Waals surface area contributed by atoms with E-state index < -0.39 is 29.4 Å². The minimum Gasteiger partial charge on any atom is -0.479 e. The molecule has 3 atom stereocenters. The predicted molar refractivity (Wildman–Crippen MR) is 138 cm³/mol. The maximum atomic E-state index is 14.0. The van der Waals surface area contributed by atoms with E-state index in [1.165, 1.54) is 12.1 Å². The number of ether oxygens (including phenoxy) is 1. The van der Waals surface area contributed by atoms with E-state index in [9.17, 15) is 18.7 Å². The Balaban J connectivity index is 1.64. The van der Waals surface area contributed by atoms with Crippen LogP contribution in [0, 0.1) is 23.5 Å². The zero-order valence-corrected chi connectivity index (χ0v) is 21.2. The molecule has 0 radical (unpaired) electrons. The fourth-order valence-electron chi connectivity index (χ4n) is 4.56. The fourth-order valence-corrected chi connectivity index (χ4v) is 4.78. The van der Waals surface area contributed by atoms with Crippen molar-refractivity contribution in [3.8, 4) is 28.7 Å². The smallest absolute Gasteiger partial charge is 0.207 e. The summed E-state index contributed by atoms with van der Waals surface area (Å²) in [6.45, 7) is 3.10. The van der Waals surface area contributed by atoms with Crippen LogP contribution >= 0.6 is 11.6 Å². The first kappa shape index (κ1) is 25.6. The van der Waals surface area contributed by atoms with Crippen molar-refractivity contribution in [2.45, 2.75) is 44.1 Å². The largest absolute Gasteiger partial charge is 0.479 e. The minimum atomic E-state index is -1.25. The molecule has 10 heteroatoms. The van der Waals surface area contributed by atoms with Crippen molar-refractivity contribution >= 4 is 23.2 Å². The molecule has 2 aliphatic heterocycles. The third-order valence-electron chi connectivity index (χ3n) is 6.15. The number of carbonyl (C=O) groups excluding carboxylic acids is 1. The van der Waals surface area contributed by atoms with E-state index in [0.717, 1.165) is 11.6 Å². The number of hydrazone groups is 1. The lowest BCUT2D eigenvalue weighted by molar-refractivity contribution is -0.110. The Labute approximate surface area is 222 Å². The number of pyridine rings is 1. The second-order valence-corrected chi connectivity index (χ2v) is 9.95. The Bertz CT molecular complexity index is 1490. The molecule has 1 amide bonds. The summed E-state index contributed by atoms with van der Waals surface area (Å²) in [5.41, 5.74) is 4.99. The molecule has 7 nitrogen and oxygen atoms in total. The Morgan fingerprint density at radius 2 is 1.97 bits per heavy atom. The van der Waals surface area contributed by atoms with Crippen LogP contribution in [0.1, 0.15) is 48.4 Å². The highest BCUT2D eigenvalue weighted by atomic mass is 35.5. The van der Waals surface area contributed by atoms with Gasteiger partial charge in [0.15, 0.2) is 11.3 Å². The number of halogens is 3. The number of amides is 1. The number of rotatable bonds is 6. The van der Waals surface area contributed by atoms with Crippen LogP contribution in [0.3, 0.4) is 0 Å². The minimum absolute atomic E-state index is 0.0525. The van der Waals surface area contributed by atoms with Gasteiger partial charge in [0.1, 0.15) is 34.7 Å². The lowest BCUT2D eigenvalue weighted by Gasteiger charge is -2.21. The highest BCUT2D eigenvalue weighted by Gasteiger charge is 2.42. The lowest BCUT2D eigenvalue weighted by atomic mass is 9.93. The number of hydrogen-bond donors (Lipinski definition) is 3. The number of para-hydroxylation sites is 1. The maximum Gasteiger partial charge on any atom is 0.207 e. The number of aromatic nitrogens is 1. The van der Waals surface area contributed by atoms with E-state index in [-0.39, 0.29) is 12.5 Å². The van der Waals surface area contributed by atoms with Gasteiger partial charge in [-0.25, -0.2) is 13.8 Å². The first-order chi connectivity index (χ1) is 18.1. The molecule has 2 aliphatic rings. The van der Waals surface area contributed by atoms with Crippen molar-refractivity contribution < 1.29 is 23.4 Å². The highest BCUT2D eigenvalue weighted by molar-refractivity contribution is 6.66. The fraction of sp³-hybridized carbons (Fsp3) is 0.250. The van der Waals surface area contributed by atoms with Gasteiger partial charge in [-0.2, -0.15) is 5.10 Å². The van der Waals surface area contributed by atoms with Crippen molar-refractivity contribution in [1.29, 1.82) is 0 Å². The Kier molecular flexibility index (Phi) is 6.78. The van der Waals surface area contributed by atoms with E-state index in [0.29, 0.717) is 45.4 Å². The molecule has 3 heterocycles. The van der Waals surface area contributed by atoms with Gasteiger partial charge in [-0.3, -0.25) is 10.2 Å². The topological polar surface area (TPSA) is 95.8 Å². The Hall–Kier alpha value is -4.00. The normalized spacial score (nSPS) is 18.2. The van der Waals surface area contributed by atoms with E-state index in [1.54, 1.807) is 26.0 Å². The number of hydrogen-bond acceptors (Lipinski definition) is 6. The molecule has 0 spiro atoms. The number of carbonyl (C=O) groups is 1. The highest BCUT2D eigenvalue weighted by Crippen LogP contribution is 2.47. The standard InChI is InChI=1S/C28H23ClF2N4O3/c1-28(2,37)9-8-18-6-7-19(20-4-3-5-21-24-26(38-25(20)21)27(29)35-34-24)23(33-18)22(32-14-36)12-15-10-16(30)13-17(31)11-15/h3-7,10-11,13-14,22,24,26,34,37H,12H2,1-2H3,(H,32,36). The van der Waals surface area contributed by atoms with Crippen LogP contribution in [-0.2, 0) is 11.2 Å². The van der Waals surface area contributed by atoms with Crippen LogP contribution < -0.4 is 15.5 Å². The van der Waals surface area contributed by atoms with Crippen LogP contribution in [-0.4, -0.2) is 33.4 Å². The first-order valence-electron chi connectivity index (χ1n) is 11.8. The summed E-state index contributed by atoms with van der Waals surface area (Å²) < 4.78 is 34.1. The molecule has 0 saturated heterocycles. The molecule has 2 aromatic carbocycles. The molecule has 194 valence electrons. The molecule has 38 heavy (non-hydrogen) atoms. The maximum absolute atomic E-state index is 14.0. The molecular formula is C28H23ClF2N4O3. The second kappa shape index (κ2) is 10.0. The number of benzene rings is 2. The van der Waals surface area contributed by atoms with E-state index in [1.807, 2.05) is 18.2 Å². The van der Waals surface area contributed by atoms with Gasteiger partial charge in [0.2, 0.25) is 6.41 Å². The SMILES string of the molecule is CC(C)(O)C#Cc1ccc(-c2cccc3c2OC2C(Cl)=NNC32)c(C(Cc2cc(F)cc(F)c2)NC=O)n1. The molecule has 0 bridgehead atoms. The summed E-state index contributed by atoms with van der Waals surface area (Å²) >= 11 is 6.24. The predicted octanol–water partition coefficient (Wildman–Crippen LogP) is 4.14. The van der Waals surface area contributed by atoms with Gasteiger partial charge in [-0.1, -0.05) is 35.7 Å². The summed E-state index contributed by atoms with van der Waals surface area (Å²) in [7, 11) is 0. The zero-order chi connectivity index (χ0) is 27.0. The molecule has 3 aromatic rings. The number of nitrogens with zero attached hydrogens (tertiary/aromatic N) is 2. The Morgan fingerprint density at radius 1 is 1.21 bits per heavy atom. The number of nitrogens with one attached hydrogen (secondary N) is 2. The van der Waals surface area contributed by atoms with Gasteiger partial charge < -0.3 is 15.2 Å². The van der Waals surface area contributed by atoms with Gasteiger partial charge in [-0.05, 0) is 56.0 Å². The first-order valence-corrected chi connectivity index (χ1v) is 12.2. The molecule has 5 rings (SSSR count). The van der Waals surface area contributed by atoms with Gasteiger partial charge in [0.25, 0.3) is 0 Å². The third-order valence-corrected chi connectivity index (χ3v) is 6.45.